The third kappa shape index (κ3) is 2.95. The average molecular weight is 341 g/mol. The van der Waals surface area contributed by atoms with Gasteiger partial charge in [-0.2, -0.15) is 18.3 Å². The van der Waals surface area contributed by atoms with E-state index in [1.165, 1.54) is 17.8 Å². The van der Waals surface area contributed by atoms with Gasteiger partial charge < -0.3 is 5.32 Å². The van der Waals surface area contributed by atoms with E-state index in [2.05, 4.69) is 10.4 Å². The summed E-state index contributed by atoms with van der Waals surface area (Å²) in [6.45, 7) is 1.79. The van der Waals surface area contributed by atoms with Crippen LogP contribution >= 0.6 is 11.8 Å². The molecule has 0 saturated heterocycles. The molecule has 1 amide bonds. The molecule has 1 aromatic carbocycles. The van der Waals surface area contributed by atoms with Gasteiger partial charge in [0.05, 0.1) is 22.3 Å². The molecule has 0 saturated carbocycles. The Morgan fingerprint density at radius 1 is 1.39 bits per heavy atom. The third-order valence-electron chi connectivity index (χ3n) is 3.69. The number of hydrogen-bond acceptors (Lipinski definition) is 3. The SMILES string of the molecule is Cc1nn(C)c2c1[C@H](c1cccc(C(F)(F)F)c1)SCC(=O)N2. The Kier molecular flexibility index (Phi) is 3.87. The van der Waals surface area contributed by atoms with E-state index in [1.807, 2.05) is 0 Å². The van der Waals surface area contributed by atoms with Crippen molar-refractivity contribution in [1.82, 2.24) is 9.78 Å². The Balaban J connectivity index is 2.12. The summed E-state index contributed by atoms with van der Waals surface area (Å²) in [7, 11) is 1.70. The standard InChI is InChI=1S/C15H14F3N3OS/c1-8-12-13(9-4-3-5-10(6-9)15(16,17)18)23-7-11(22)19-14(12)21(2)20-8/h3-6,13H,7H2,1-2H3,(H,19,22)/t13-/m0/s1. The van der Waals surface area contributed by atoms with Gasteiger partial charge in [0.15, 0.2) is 0 Å². The van der Waals surface area contributed by atoms with Gasteiger partial charge in [0.2, 0.25) is 5.91 Å². The van der Waals surface area contributed by atoms with Crippen LogP contribution in [0.1, 0.15) is 27.6 Å². The summed E-state index contributed by atoms with van der Waals surface area (Å²) in [5, 5.41) is 6.68. The molecule has 3 rings (SSSR count). The number of benzene rings is 1. The highest BCUT2D eigenvalue weighted by molar-refractivity contribution is 8.00. The molecule has 1 aliphatic heterocycles. The second kappa shape index (κ2) is 5.59. The summed E-state index contributed by atoms with van der Waals surface area (Å²) in [5.41, 5.74) is 1.27. The first-order valence-electron chi connectivity index (χ1n) is 6.89. The smallest absolute Gasteiger partial charge is 0.310 e. The molecule has 0 unspecified atom stereocenters. The van der Waals surface area contributed by atoms with Crippen LogP contribution < -0.4 is 5.32 Å². The van der Waals surface area contributed by atoms with Gasteiger partial charge in [-0.15, -0.1) is 11.8 Å². The van der Waals surface area contributed by atoms with Gasteiger partial charge in [-0.25, -0.2) is 0 Å². The van der Waals surface area contributed by atoms with Gasteiger partial charge >= 0.3 is 6.18 Å². The summed E-state index contributed by atoms with van der Waals surface area (Å²) in [6, 6.07) is 5.23. The minimum Gasteiger partial charge on any atom is -0.310 e. The molecule has 0 radical (unpaired) electrons. The number of carbonyl (C=O) groups is 1. The van der Waals surface area contributed by atoms with Crippen molar-refractivity contribution in [2.75, 3.05) is 11.1 Å². The minimum atomic E-state index is -4.40. The molecule has 0 spiro atoms. The fourth-order valence-corrected chi connectivity index (χ4v) is 3.87. The van der Waals surface area contributed by atoms with Gasteiger partial charge in [-0.1, -0.05) is 18.2 Å². The summed E-state index contributed by atoms with van der Waals surface area (Å²) in [4.78, 5) is 11.9. The quantitative estimate of drug-likeness (QED) is 0.863. The summed E-state index contributed by atoms with van der Waals surface area (Å²) < 4.78 is 40.5. The second-order valence-electron chi connectivity index (χ2n) is 5.33. The van der Waals surface area contributed by atoms with Crippen LogP contribution in [0.25, 0.3) is 0 Å². The van der Waals surface area contributed by atoms with E-state index in [4.69, 9.17) is 0 Å². The van der Waals surface area contributed by atoms with Crippen LogP contribution in [0.5, 0.6) is 0 Å². The molecule has 1 aromatic heterocycles. The normalized spacial score (nSPS) is 18.3. The maximum absolute atomic E-state index is 13.0. The number of aromatic nitrogens is 2. The predicted octanol–water partition coefficient (Wildman–Crippen LogP) is 3.52. The number of thioether (sulfide) groups is 1. The topological polar surface area (TPSA) is 46.9 Å². The van der Waals surface area contributed by atoms with Crippen molar-refractivity contribution in [3.63, 3.8) is 0 Å². The number of aryl methyl sites for hydroxylation is 2. The van der Waals surface area contributed by atoms with Crippen LogP contribution in [0.3, 0.4) is 0 Å². The number of anilines is 1. The van der Waals surface area contributed by atoms with E-state index in [0.29, 0.717) is 17.1 Å². The highest BCUT2D eigenvalue weighted by Gasteiger charge is 2.33. The monoisotopic (exact) mass is 341 g/mol. The van der Waals surface area contributed by atoms with Crippen molar-refractivity contribution in [2.45, 2.75) is 18.3 Å². The number of halogens is 3. The summed E-state index contributed by atoms with van der Waals surface area (Å²) >= 11 is 1.30. The first-order valence-corrected chi connectivity index (χ1v) is 7.94. The number of nitrogens with zero attached hydrogens (tertiary/aromatic N) is 2. The number of rotatable bonds is 1. The Morgan fingerprint density at radius 3 is 2.83 bits per heavy atom. The molecule has 0 bridgehead atoms. The fraction of sp³-hybridized carbons (Fsp3) is 0.333. The van der Waals surface area contributed by atoms with Crippen LogP contribution in [0.2, 0.25) is 0 Å². The largest absolute Gasteiger partial charge is 0.416 e. The van der Waals surface area contributed by atoms with Crippen molar-refractivity contribution in [1.29, 1.82) is 0 Å². The van der Waals surface area contributed by atoms with Crippen LogP contribution in [0.4, 0.5) is 19.0 Å². The zero-order valence-corrected chi connectivity index (χ0v) is 13.3. The molecule has 122 valence electrons. The first-order chi connectivity index (χ1) is 10.8. The number of alkyl halides is 3. The lowest BCUT2D eigenvalue weighted by Gasteiger charge is -2.17. The average Bonchev–Trinajstić information content (AvgIpc) is 2.66. The molecule has 1 aliphatic rings. The van der Waals surface area contributed by atoms with Crippen LogP contribution in [0.15, 0.2) is 24.3 Å². The molecule has 1 N–H and O–H groups in total. The number of nitrogens with one attached hydrogen (secondary N) is 1. The third-order valence-corrected chi connectivity index (χ3v) is 4.96. The molecule has 4 nitrogen and oxygen atoms in total. The molecule has 8 heteroatoms. The fourth-order valence-electron chi connectivity index (χ4n) is 2.69. The Morgan fingerprint density at radius 2 is 2.13 bits per heavy atom. The van der Waals surface area contributed by atoms with E-state index in [1.54, 1.807) is 24.7 Å². The van der Waals surface area contributed by atoms with E-state index in [0.717, 1.165) is 17.7 Å². The van der Waals surface area contributed by atoms with Crippen LogP contribution in [-0.2, 0) is 18.0 Å². The summed E-state index contributed by atoms with van der Waals surface area (Å²) in [6.07, 6.45) is -4.40. The van der Waals surface area contributed by atoms with E-state index in [-0.39, 0.29) is 16.9 Å². The maximum Gasteiger partial charge on any atom is 0.416 e. The van der Waals surface area contributed by atoms with E-state index >= 15 is 0 Å². The van der Waals surface area contributed by atoms with Crippen molar-refractivity contribution in [3.8, 4) is 0 Å². The number of amides is 1. The highest BCUT2D eigenvalue weighted by Crippen LogP contribution is 2.44. The van der Waals surface area contributed by atoms with E-state index in [9.17, 15) is 18.0 Å². The predicted molar refractivity (Wildman–Crippen MR) is 82.3 cm³/mol. The lowest BCUT2D eigenvalue weighted by atomic mass is 10.0. The van der Waals surface area contributed by atoms with Crippen LogP contribution in [-0.4, -0.2) is 21.4 Å². The van der Waals surface area contributed by atoms with Gasteiger partial charge in [-0.05, 0) is 18.6 Å². The Hall–Kier alpha value is -1.96. The number of fused-ring (bicyclic) bond motifs is 1. The molecule has 23 heavy (non-hydrogen) atoms. The molecular weight excluding hydrogens is 327 g/mol. The number of carbonyl (C=O) groups excluding carboxylic acids is 1. The molecule has 0 aliphatic carbocycles. The first kappa shape index (κ1) is 15.9. The molecular formula is C15H14F3N3OS. The summed E-state index contributed by atoms with van der Waals surface area (Å²) in [5.74, 6) is 0.531. The van der Waals surface area contributed by atoms with E-state index < -0.39 is 11.7 Å². The lowest BCUT2D eigenvalue weighted by Crippen LogP contribution is -2.15. The van der Waals surface area contributed by atoms with Crippen LogP contribution in [0, 0.1) is 6.92 Å². The zero-order chi connectivity index (χ0) is 16.8. The van der Waals surface area contributed by atoms with Crippen molar-refractivity contribution in [2.24, 2.45) is 7.05 Å². The zero-order valence-electron chi connectivity index (χ0n) is 12.4. The van der Waals surface area contributed by atoms with Gasteiger partial charge in [0.25, 0.3) is 0 Å². The Labute approximate surface area is 135 Å². The molecule has 2 aromatic rings. The second-order valence-corrected chi connectivity index (χ2v) is 6.43. The maximum atomic E-state index is 13.0. The van der Waals surface area contributed by atoms with Crippen molar-refractivity contribution in [3.05, 3.63) is 46.6 Å². The van der Waals surface area contributed by atoms with Crippen molar-refractivity contribution < 1.29 is 18.0 Å². The molecule has 0 fully saturated rings. The highest BCUT2D eigenvalue weighted by atomic mass is 32.2. The minimum absolute atomic E-state index is 0.176. The van der Waals surface area contributed by atoms with Gasteiger partial charge in [0, 0.05) is 12.6 Å². The Bertz CT molecular complexity index is 770. The van der Waals surface area contributed by atoms with Gasteiger partial charge in [0.1, 0.15) is 5.82 Å². The van der Waals surface area contributed by atoms with Gasteiger partial charge in [-0.3, -0.25) is 9.48 Å². The number of hydrogen-bond donors (Lipinski definition) is 1. The molecule has 1 atom stereocenters. The lowest BCUT2D eigenvalue weighted by molar-refractivity contribution is -0.137. The van der Waals surface area contributed by atoms with Crippen molar-refractivity contribution >= 4 is 23.5 Å². The molecule has 2 heterocycles.